The van der Waals surface area contributed by atoms with Gasteiger partial charge in [-0.2, -0.15) is 0 Å². The van der Waals surface area contributed by atoms with Gasteiger partial charge in [-0.05, 0) is 36.4 Å². The number of carbonyl (C=O) groups excluding carboxylic acids is 1. The molecule has 0 aromatic heterocycles. The summed E-state index contributed by atoms with van der Waals surface area (Å²) < 4.78 is 38.0. The van der Waals surface area contributed by atoms with Crippen LogP contribution in [0, 0.1) is 5.82 Å². The molecule has 0 aliphatic rings. The third-order valence-electron chi connectivity index (χ3n) is 2.99. The molecule has 24 heavy (non-hydrogen) atoms. The highest BCUT2D eigenvalue weighted by molar-refractivity contribution is 7.92. The summed E-state index contributed by atoms with van der Waals surface area (Å²) in [5.74, 6) is -1.24. The molecule has 0 spiro atoms. The van der Waals surface area contributed by atoms with Crippen molar-refractivity contribution >= 4 is 50.5 Å². The standard InChI is InChI=1S/C15H13Cl2FN2O3S/c1-24(22,23)20(12-4-2-3-11(18)8-12)9-15(21)19-14-6-5-10(16)7-13(14)17/h2-8H,9H2,1H3,(H,19,21). The second kappa shape index (κ2) is 7.38. The molecule has 2 rings (SSSR count). The first kappa shape index (κ1) is 18.5. The van der Waals surface area contributed by atoms with E-state index in [1.807, 2.05) is 0 Å². The molecule has 0 radical (unpaired) electrons. The normalized spacial score (nSPS) is 11.2. The maximum absolute atomic E-state index is 13.3. The van der Waals surface area contributed by atoms with E-state index in [-0.39, 0.29) is 10.7 Å². The molecule has 0 saturated heterocycles. The van der Waals surface area contributed by atoms with E-state index in [0.717, 1.165) is 16.6 Å². The quantitative estimate of drug-likeness (QED) is 0.848. The van der Waals surface area contributed by atoms with Gasteiger partial charge in [-0.25, -0.2) is 12.8 Å². The first-order valence-electron chi connectivity index (χ1n) is 6.65. The Labute approximate surface area is 149 Å². The van der Waals surface area contributed by atoms with Crippen LogP contribution >= 0.6 is 23.2 Å². The molecule has 0 unspecified atom stereocenters. The molecular formula is C15H13Cl2FN2O3S. The second-order valence-electron chi connectivity index (χ2n) is 4.92. The fraction of sp³-hybridized carbons (Fsp3) is 0.133. The van der Waals surface area contributed by atoms with Crippen LogP contribution in [0.15, 0.2) is 42.5 Å². The van der Waals surface area contributed by atoms with Crippen LogP contribution in [0.25, 0.3) is 0 Å². The van der Waals surface area contributed by atoms with Crippen LogP contribution < -0.4 is 9.62 Å². The van der Waals surface area contributed by atoms with Crippen molar-refractivity contribution in [3.63, 3.8) is 0 Å². The number of rotatable bonds is 5. The predicted octanol–water partition coefficient (Wildman–Crippen LogP) is 3.54. The molecule has 0 bridgehead atoms. The summed E-state index contributed by atoms with van der Waals surface area (Å²) in [5.41, 5.74) is 0.341. The van der Waals surface area contributed by atoms with Gasteiger partial charge in [-0.3, -0.25) is 9.10 Å². The predicted molar refractivity (Wildman–Crippen MR) is 93.7 cm³/mol. The summed E-state index contributed by atoms with van der Waals surface area (Å²) in [6, 6.07) is 9.43. The lowest BCUT2D eigenvalue weighted by molar-refractivity contribution is -0.114. The maximum Gasteiger partial charge on any atom is 0.245 e. The van der Waals surface area contributed by atoms with Gasteiger partial charge in [0, 0.05) is 5.02 Å². The van der Waals surface area contributed by atoms with Crippen LogP contribution in [0.2, 0.25) is 10.0 Å². The zero-order valence-corrected chi connectivity index (χ0v) is 14.8. The Morgan fingerprint density at radius 2 is 1.92 bits per heavy atom. The van der Waals surface area contributed by atoms with Gasteiger partial charge in [-0.1, -0.05) is 29.3 Å². The molecule has 0 aliphatic heterocycles. The Kier molecular flexibility index (Phi) is 5.69. The number of hydrogen-bond donors (Lipinski definition) is 1. The minimum Gasteiger partial charge on any atom is -0.323 e. The summed E-state index contributed by atoms with van der Waals surface area (Å²) >= 11 is 11.7. The van der Waals surface area contributed by atoms with Crippen molar-refractivity contribution in [1.82, 2.24) is 0 Å². The van der Waals surface area contributed by atoms with Crippen molar-refractivity contribution in [3.8, 4) is 0 Å². The highest BCUT2D eigenvalue weighted by Gasteiger charge is 2.21. The molecule has 2 aromatic rings. The van der Waals surface area contributed by atoms with E-state index >= 15 is 0 Å². The summed E-state index contributed by atoms with van der Waals surface area (Å²) in [6.07, 6.45) is 0.931. The second-order valence-corrected chi connectivity index (χ2v) is 7.67. The van der Waals surface area contributed by atoms with Gasteiger partial charge < -0.3 is 5.32 Å². The van der Waals surface area contributed by atoms with Crippen LogP contribution in [0.3, 0.4) is 0 Å². The fourth-order valence-electron chi connectivity index (χ4n) is 1.94. The minimum absolute atomic E-state index is 0.0508. The fourth-order valence-corrected chi connectivity index (χ4v) is 3.25. The van der Waals surface area contributed by atoms with E-state index in [4.69, 9.17) is 23.2 Å². The highest BCUT2D eigenvalue weighted by atomic mass is 35.5. The smallest absolute Gasteiger partial charge is 0.245 e. The molecule has 9 heteroatoms. The van der Waals surface area contributed by atoms with Crippen LogP contribution in [-0.4, -0.2) is 27.1 Å². The average Bonchev–Trinajstić information content (AvgIpc) is 2.46. The number of nitrogens with zero attached hydrogens (tertiary/aromatic N) is 1. The SMILES string of the molecule is CS(=O)(=O)N(CC(=O)Nc1ccc(Cl)cc1Cl)c1cccc(F)c1. The summed E-state index contributed by atoms with van der Waals surface area (Å²) in [4.78, 5) is 12.2. The summed E-state index contributed by atoms with van der Waals surface area (Å²) in [6.45, 7) is -0.527. The molecule has 1 N–H and O–H groups in total. The number of benzene rings is 2. The lowest BCUT2D eigenvalue weighted by atomic mass is 10.3. The largest absolute Gasteiger partial charge is 0.323 e. The summed E-state index contributed by atoms with van der Waals surface area (Å²) in [5, 5.41) is 3.11. The lowest BCUT2D eigenvalue weighted by Crippen LogP contribution is -2.37. The van der Waals surface area contributed by atoms with Gasteiger partial charge >= 0.3 is 0 Å². The van der Waals surface area contributed by atoms with Crippen molar-refractivity contribution in [2.45, 2.75) is 0 Å². The number of nitrogens with one attached hydrogen (secondary N) is 1. The van der Waals surface area contributed by atoms with Gasteiger partial charge in [0.25, 0.3) is 0 Å². The molecule has 0 aliphatic carbocycles. The summed E-state index contributed by atoms with van der Waals surface area (Å²) in [7, 11) is -3.79. The average molecular weight is 391 g/mol. The van der Waals surface area contributed by atoms with E-state index in [1.54, 1.807) is 0 Å². The molecule has 5 nitrogen and oxygen atoms in total. The minimum atomic E-state index is -3.79. The molecule has 2 aromatic carbocycles. The number of carbonyl (C=O) groups is 1. The molecule has 1 amide bonds. The van der Waals surface area contributed by atoms with Crippen LogP contribution in [-0.2, 0) is 14.8 Å². The van der Waals surface area contributed by atoms with E-state index in [0.29, 0.717) is 10.7 Å². The van der Waals surface area contributed by atoms with Crippen LogP contribution in [0.4, 0.5) is 15.8 Å². The van der Waals surface area contributed by atoms with Crippen molar-refractivity contribution in [2.75, 3.05) is 22.4 Å². The Bertz CT molecular complexity index is 875. The highest BCUT2D eigenvalue weighted by Crippen LogP contribution is 2.25. The van der Waals surface area contributed by atoms with Gasteiger partial charge in [0.15, 0.2) is 0 Å². The zero-order valence-electron chi connectivity index (χ0n) is 12.5. The first-order chi connectivity index (χ1) is 11.2. The topological polar surface area (TPSA) is 66.5 Å². The maximum atomic E-state index is 13.3. The van der Waals surface area contributed by atoms with Gasteiger partial charge in [0.2, 0.25) is 15.9 Å². The molecule has 0 atom stereocenters. The van der Waals surface area contributed by atoms with Gasteiger partial charge in [-0.15, -0.1) is 0 Å². The zero-order chi connectivity index (χ0) is 17.9. The number of anilines is 2. The number of amides is 1. The third-order valence-corrected chi connectivity index (χ3v) is 4.68. The van der Waals surface area contributed by atoms with Crippen molar-refractivity contribution in [2.24, 2.45) is 0 Å². The van der Waals surface area contributed by atoms with E-state index < -0.39 is 28.3 Å². The first-order valence-corrected chi connectivity index (χ1v) is 9.25. The van der Waals surface area contributed by atoms with Gasteiger partial charge in [0.1, 0.15) is 12.4 Å². The Morgan fingerprint density at radius 1 is 1.21 bits per heavy atom. The number of halogens is 3. The molecule has 0 heterocycles. The van der Waals surface area contributed by atoms with Crippen molar-refractivity contribution in [1.29, 1.82) is 0 Å². The third kappa shape index (κ3) is 4.83. The Morgan fingerprint density at radius 3 is 2.50 bits per heavy atom. The Hall–Kier alpha value is -1.83. The van der Waals surface area contributed by atoms with Crippen molar-refractivity contribution in [3.05, 3.63) is 58.3 Å². The Balaban J connectivity index is 2.22. The molecular weight excluding hydrogens is 378 g/mol. The van der Waals surface area contributed by atoms with E-state index in [1.165, 1.54) is 36.4 Å². The lowest BCUT2D eigenvalue weighted by Gasteiger charge is -2.22. The molecule has 0 fully saturated rings. The monoisotopic (exact) mass is 390 g/mol. The molecule has 0 saturated carbocycles. The van der Waals surface area contributed by atoms with E-state index in [2.05, 4.69) is 5.32 Å². The van der Waals surface area contributed by atoms with Gasteiger partial charge in [0.05, 0.1) is 22.7 Å². The number of sulfonamides is 1. The van der Waals surface area contributed by atoms with Crippen LogP contribution in [0.5, 0.6) is 0 Å². The van der Waals surface area contributed by atoms with Crippen LogP contribution in [0.1, 0.15) is 0 Å². The molecule has 128 valence electrons. The van der Waals surface area contributed by atoms with E-state index in [9.17, 15) is 17.6 Å². The number of hydrogen-bond acceptors (Lipinski definition) is 3. The van der Waals surface area contributed by atoms with Crippen molar-refractivity contribution < 1.29 is 17.6 Å².